The zero-order valence-corrected chi connectivity index (χ0v) is 12.2. The van der Waals surface area contributed by atoms with Crippen molar-refractivity contribution < 1.29 is 14.3 Å². The summed E-state index contributed by atoms with van der Waals surface area (Å²) in [7, 11) is 0. The van der Waals surface area contributed by atoms with Crippen LogP contribution in [0.3, 0.4) is 0 Å². The second kappa shape index (κ2) is 6.07. The minimum absolute atomic E-state index is 0.0415. The third-order valence-electron chi connectivity index (χ3n) is 2.98. The lowest BCUT2D eigenvalue weighted by Gasteiger charge is -2.28. The Morgan fingerprint density at radius 1 is 1.50 bits per heavy atom. The van der Waals surface area contributed by atoms with Crippen LogP contribution in [0.5, 0.6) is 5.88 Å². The molecule has 0 aliphatic carbocycles. The van der Waals surface area contributed by atoms with Crippen molar-refractivity contribution in [1.82, 2.24) is 14.9 Å². The molecule has 0 bridgehead atoms. The van der Waals surface area contributed by atoms with Gasteiger partial charge in [0.05, 0.1) is 6.04 Å². The number of amides is 1. The average molecular weight is 279 g/mol. The Morgan fingerprint density at radius 2 is 2.30 bits per heavy atom. The molecule has 1 atom stereocenters. The van der Waals surface area contributed by atoms with Crippen molar-refractivity contribution in [1.29, 1.82) is 0 Å². The molecule has 0 aromatic carbocycles. The summed E-state index contributed by atoms with van der Waals surface area (Å²) in [6.45, 7) is 6.75. The number of nitrogens with zero attached hydrogens (tertiary/aromatic N) is 3. The minimum Gasteiger partial charge on any atom is -0.475 e. The molecule has 1 unspecified atom stereocenters. The molecule has 0 spiro atoms. The normalized spacial score (nSPS) is 18.9. The predicted molar refractivity (Wildman–Crippen MR) is 73.5 cm³/mol. The average Bonchev–Trinajstić information content (AvgIpc) is 2.84. The molecule has 110 valence electrons. The Kier molecular flexibility index (Phi) is 4.42. The molecule has 1 amide bonds. The lowest BCUT2D eigenvalue weighted by atomic mass is 10.2. The number of carbonyl (C=O) groups is 1. The number of likely N-dealkylation sites (tertiary alicyclic amines) is 1. The van der Waals surface area contributed by atoms with Crippen LogP contribution in [0.25, 0.3) is 0 Å². The highest BCUT2D eigenvalue weighted by atomic mass is 16.6. The summed E-state index contributed by atoms with van der Waals surface area (Å²) < 4.78 is 11.0. The van der Waals surface area contributed by atoms with Gasteiger partial charge < -0.3 is 14.4 Å². The molecule has 1 aliphatic heterocycles. The zero-order chi connectivity index (χ0) is 14.6. The van der Waals surface area contributed by atoms with E-state index in [1.54, 1.807) is 17.2 Å². The first-order valence-electron chi connectivity index (χ1n) is 6.84. The Hall–Kier alpha value is -1.85. The molecule has 2 heterocycles. The molecule has 20 heavy (non-hydrogen) atoms. The molecular weight excluding hydrogens is 258 g/mol. The maximum absolute atomic E-state index is 12.1. The van der Waals surface area contributed by atoms with Gasteiger partial charge in [-0.2, -0.15) is 0 Å². The van der Waals surface area contributed by atoms with Gasteiger partial charge in [0.1, 0.15) is 18.5 Å². The first-order chi connectivity index (χ1) is 9.46. The van der Waals surface area contributed by atoms with Gasteiger partial charge in [-0.05, 0) is 33.6 Å². The van der Waals surface area contributed by atoms with E-state index in [-0.39, 0.29) is 12.1 Å². The lowest BCUT2D eigenvalue weighted by molar-refractivity contribution is 0.0185. The van der Waals surface area contributed by atoms with E-state index >= 15 is 0 Å². The summed E-state index contributed by atoms with van der Waals surface area (Å²) >= 11 is 0. The van der Waals surface area contributed by atoms with Gasteiger partial charge in [-0.15, -0.1) is 0 Å². The minimum atomic E-state index is -0.474. The molecule has 1 aliphatic rings. The number of carbonyl (C=O) groups excluding carboxylic acids is 1. The van der Waals surface area contributed by atoms with Crippen molar-refractivity contribution in [2.75, 3.05) is 13.2 Å². The first-order valence-corrected chi connectivity index (χ1v) is 6.84. The standard InChI is InChI=1S/C14H21N3O3/c1-14(2,3)20-13(18)17-8-4-5-11(17)9-19-12-6-7-15-10-16-12/h6-7,10-11H,4-5,8-9H2,1-3H3. The number of aromatic nitrogens is 2. The van der Waals surface area contributed by atoms with Gasteiger partial charge in [-0.25, -0.2) is 14.8 Å². The Morgan fingerprint density at radius 3 is 2.95 bits per heavy atom. The quantitative estimate of drug-likeness (QED) is 0.849. The molecule has 2 rings (SSSR count). The monoisotopic (exact) mass is 279 g/mol. The molecule has 1 fully saturated rings. The smallest absolute Gasteiger partial charge is 0.410 e. The van der Waals surface area contributed by atoms with Gasteiger partial charge in [0, 0.05) is 18.8 Å². The molecule has 6 heteroatoms. The molecule has 1 aromatic rings. The van der Waals surface area contributed by atoms with Crippen LogP contribution in [0.2, 0.25) is 0 Å². The van der Waals surface area contributed by atoms with Crippen molar-refractivity contribution in [3.63, 3.8) is 0 Å². The van der Waals surface area contributed by atoms with Crippen LogP contribution in [0.1, 0.15) is 33.6 Å². The molecule has 6 nitrogen and oxygen atoms in total. The maximum atomic E-state index is 12.1. The number of hydrogen-bond acceptors (Lipinski definition) is 5. The van der Waals surface area contributed by atoms with Crippen molar-refractivity contribution in [3.05, 3.63) is 18.6 Å². The highest BCUT2D eigenvalue weighted by Gasteiger charge is 2.32. The summed E-state index contributed by atoms with van der Waals surface area (Å²) in [6.07, 6.45) is 4.69. The van der Waals surface area contributed by atoms with E-state index in [4.69, 9.17) is 9.47 Å². The SMILES string of the molecule is CC(C)(C)OC(=O)N1CCCC1COc1ccncn1. The van der Waals surface area contributed by atoms with Gasteiger partial charge in [0.15, 0.2) is 0 Å². The van der Waals surface area contributed by atoms with Gasteiger partial charge in [-0.3, -0.25) is 0 Å². The van der Waals surface area contributed by atoms with Crippen molar-refractivity contribution in [3.8, 4) is 5.88 Å². The molecule has 1 saturated heterocycles. The van der Waals surface area contributed by atoms with E-state index in [2.05, 4.69) is 9.97 Å². The van der Waals surface area contributed by atoms with Crippen LogP contribution in [0.15, 0.2) is 18.6 Å². The second-order valence-corrected chi connectivity index (χ2v) is 5.83. The predicted octanol–water partition coefficient (Wildman–Crippen LogP) is 2.25. The molecule has 0 radical (unpaired) electrons. The van der Waals surface area contributed by atoms with E-state index < -0.39 is 5.60 Å². The fourth-order valence-electron chi connectivity index (χ4n) is 2.12. The highest BCUT2D eigenvalue weighted by molar-refractivity contribution is 5.68. The van der Waals surface area contributed by atoms with Crippen LogP contribution in [0, 0.1) is 0 Å². The second-order valence-electron chi connectivity index (χ2n) is 5.83. The molecule has 0 N–H and O–H groups in total. The van der Waals surface area contributed by atoms with E-state index in [0.717, 1.165) is 12.8 Å². The molecule has 0 saturated carbocycles. The summed E-state index contributed by atoms with van der Waals surface area (Å²) in [6, 6.07) is 1.74. The topological polar surface area (TPSA) is 64.5 Å². The Balaban J connectivity index is 1.89. The van der Waals surface area contributed by atoms with Crippen LogP contribution in [0.4, 0.5) is 4.79 Å². The third-order valence-corrected chi connectivity index (χ3v) is 2.98. The van der Waals surface area contributed by atoms with Gasteiger partial charge >= 0.3 is 6.09 Å². The summed E-state index contributed by atoms with van der Waals surface area (Å²) in [5.41, 5.74) is -0.474. The van der Waals surface area contributed by atoms with Crippen molar-refractivity contribution in [2.24, 2.45) is 0 Å². The summed E-state index contributed by atoms with van der Waals surface area (Å²) in [5, 5.41) is 0. The molecular formula is C14H21N3O3. The lowest BCUT2D eigenvalue weighted by Crippen LogP contribution is -2.42. The van der Waals surface area contributed by atoms with Gasteiger partial charge in [-0.1, -0.05) is 0 Å². The van der Waals surface area contributed by atoms with Crippen LogP contribution in [-0.4, -0.2) is 45.8 Å². The Labute approximate surface area is 119 Å². The van der Waals surface area contributed by atoms with E-state index in [0.29, 0.717) is 19.0 Å². The van der Waals surface area contributed by atoms with Gasteiger partial charge in [0.25, 0.3) is 0 Å². The maximum Gasteiger partial charge on any atom is 0.410 e. The van der Waals surface area contributed by atoms with Crippen LogP contribution in [-0.2, 0) is 4.74 Å². The number of ether oxygens (including phenoxy) is 2. The summed E-state index contributed by atoms with van der Waals surface area (Å²) in [5.74, 6) is 0.524. The van der Waals surface area contributed by atoms with Gasteiger partial charge in [0.2, 0.25) is 5.88 Å². The first kappa shape index (κ1) is 14.6. The largest absolute Gasteiger partial charge is 0.475 e. The fourth-order valence-corrected chi connectivity index (χ4v) is 2.12. The summed E-state index contributed by atoms with van der Waals surface area (Å²) in [4.78, 5) is 21.7. The van der Waals surface area contributed by atoms with E-state index in [1.165, 1.54) is 6.33 Å². The number of rotatable bonds is 3. The van der Waals surface area contributed by atoms with Crippen LogP contribution >= 0.6 is 0 Å². The van der Waals surface area contributed by atoms with Crippen LogP contribution < -0.4 is 4.74 Å². The van der Waals surface area contributed by atoms with Crippen molar-refractivity contribution in [2.45, 2.75) is 45.3 Å². The number of hydrogen-bond donors (Lipinski definition) is 0. The highest BCUT2D eigenvalue weighted by Crippen LogP contribution is 2.21. The molecule has 1 aromatic heterocycles. The van der Waals surface area contributed by atoms with E-state index in [9.17, 15) is 4.79 Å². The zero-order valence-electron chi connectivity index (χ0n) is 12.2. The Bertz CT molecular complexity index is 445. The van der Waals surface area contributed by atoms with Crippen molar-refractivity contribution >= 4 is 6.09 Å². The van der Waals surface area contributed by atoms with E-state index in [1.807, 2.05) is 20.8 Å². The fraction of sp³-hybridized carbons (Fsp3) is 0.643. The third kappa shape index (κ3) is 4.08.